The first kappa shape index (κ1) is 18.5. The van der Waals surface area contributed by atoms with Crippen LogP contribution in [-0.4, -0.2) is 39.1 Å². The third-order valence-corrected chi connectivity index (χ3v) is 4.54. The van der Waals surface area contributed by atoms with Gasteiger partial charge < -0.3 is 14.5 Å². The van der Waals surface area contributed by atoms with Gasteiger partial charge in [0.05, 0.1) is 37.4 Å². The third-order valence-electron chi connectivity index (χ3n) is 4.54. The summed E-state index contributed by atoms with van der Waals surface area (Å²) in [6.45, 7) is 0.991. The monoisotopic (exact) mass is 391 g/mol. The van der Waals surface area contributed by atoms with Gasteiger partial charge in [-0.15, -0.1) is 0 Å². The number of ether oxygens (including phenoxy) is 1. The number of amides is 1. The molecule has 29 heavy (non-hydrogen) atoms. The van der Waals surface area contributed by atoms with Gasteiger partial charge in [-0.2, -0.15) is 10.2 Å². The second kappa shape index (κ2) is 8.05. The van der Waals surface area contributed by atoms with Crippen LogP contribution >= 0.6 is 0 Å². The molecule has 3 heterocycles. The van der Waals surface area contributed by atoms with E-state index in [0.717, 1.165) is 22.6 Å². The molecule has 0 spiro atoms. The first-order chi connectivity index (χ1) is 14.1. The molecule has 1 N–H and O–H groups in total. The van der Waals surface area contributed by atoms with Gasteiger partial charge in [0, 0.05) is 25.4 Å². The normalized spacial score (nSPS) is 10.8. The highest BCUT2D eigenvalue weighted by Gasteiger charge is 2.14. The molecule has 148 valence electrons. The van der Waals surface area contributed by atoms with E-state index >= 15 is 0 Å². The third kappa shape index (κ3) is 4.06. The lowest BCUT2D eigenvalue weighted by atomic mass is 10.1. The van der Waals surface area contributed by atoms with Gasteiger partial charge in [0.15, 0.2) is 0 Å². The van der Waals surface area contributed by atoms with E-state index in [4.69, 9.17) is 9.15 Å². The molecule has 0 saturated carbocycles. The number of methoxy groups -OCH3 is 1. The minimum absolute atomic E-state index is 0.187. The van der Waals surface area contributed by atoms with Gasteiger partial charge in [-0.25, -0.2) is 0 Å². The molecule has 0 aliphatic heterocycles. The summed E-state index contributed by atoms with van der Waals surface area (Å²) >= 11 is 0. The number of carbonyl (C=O) groups excluding carboxylic acids is 1. The number of nitrogens with one attached hydrogen (secondary N) is 1. The number of carbonyl (C=O) groups is 1. The van der Waals surface area contributed by atoms with Crippen LogP contribution in [0.5, 0.6) is 5.75 Å². The van der Waals surface area contributed by atoms with Crippen molar-refractivity contribution in [3.05, 3.63) is 66.8 Å². The second-order valence-electron chi connectivity index (χ2n) is 6.50. The van der Waals surface area contributed by atoms with Gasteiger partial charge >= 0.3 is 0 Å². The molecule has 0 aliphatic rings. The summed E-state index contributed by atoms with van der Waals surface area (Å²) in [4.78, 5) is 12.6. The Morgan fingerprint density at radius 2 is 2.10 bits per heavy atom. The predicted molar refractivity (Wildman–Crippen MR) is 107 cm³/mol. The summed E-state index contributed by atoms with van der Waals surface area (Å²) in [6, 6.07) is 13.1. The van der Waals surface area contributed by atoms with Gasteiger partial charge in [0.1, 0.15) is 17.2 Å². The fraction of sp³-hybridized carbons (Fsp3) is 0.190. The molecule has 8 nitrogen and oxygen atoms in total. The van der Waals surface area contributed by atoms with E-state index in [1.165, 1.54) is 0 Å². The number of hydrogen-bond donors (Lipinski definition) is 1. The summed E-state index contributed by atoms with van der Waals surface area (Å²) < 4.78 is 14.0. The molecule has 0 bridgehead atoms. The molecule has 1 amide bonds. The van der Waals surface area contributed by atoms with Crippen LogP contribution in [0, 0.1) is 0 Å². The second-order valence-corrected chi connectivity index (χ2v) is 6.50. The van der Waals surface area contributed by atoms with Crippen LogP contribution in [0.25, 0.3) is 22.6 Å². The van der Waals surface area contributed by atoms with Crippen molar-refractivity contribution in [2.24, 2.45) is 7.05 Å². The number of aryl methyl sites for hydroxylation is 1. The summed E-state index contributed by atoms with van der Waals surface area (Å²) in [7, 11) is 3.37. The van der Waals surface area contributed by atoms with Gasteiger partial charge in [-0.05, 0) is 30.3 Å². The molecule has 0 saturated heterocycles. The van der Waals surface area contributed by atoms with E-state index in [2.05, 4.69) is 15.5 Å². The van der Waals surface area contributed by atoms with Crippen molar-refractivity contribution in [2.45, 2.75) is 6.54 Å². The number of hydrogen-bond acceptors (Lipinski definition) is 5. The van der Waals surface area contributed by atoms with Gasteiger partial charge in [0.25, 0.3) is 5.91 Å². The van der Waals surface area contributed by atoms with Crippen LogP contribution in [0.4, 0.5) is 0 Å². The molecule has 3 aromatic heterocycles. The maximum atomic E-state index is 12.6. The van der Waals surface area contributed by atoms with Crippen LogP contribution in [0.15, 0.2) is 65.5 Å². The van der Waals surface area contributed by atoms with E-state index < -0.39 is 0 Å². The maximum Gasteiger partial charge on any atom is 0.269 e. The largest absolute Gasteiger partial charge is 0.497 e. The average Bonchev–Trinajstić information content (AvgIpc) is 3.48. The van der Waals surface area contributed by atoms with Crippen molar-refractivity contribution in [1.29, 1.82) is 0 Å². The molecule has 0 aliphatic carbocycles. The minimum Gasteiger partial charge on any atom is -0.497 e. The molecule has 0 unspecified atom stereocenters. The molecule has 0 fully saturated rings. The zero-order valence-corrected chi connectivity index (χ0v) is 16.2. The Balaban J connectivity index is 1.38. The lowest BCUT2D eigenvalue weighted by Crippen LogP contribution is -2.29. The summed E-state index contributed by atoms with van der Waals surface area (Å²) in [5.41, 5.74) is 2.99. The van der Waals surface area contributed by atoms with Crippen LogP contribution in [0.1, 0.15) is 10.5 Å². The Bertz CT molecular complexity index is 1110. The summed E-state index contributed by atoms with van der Waals surface area (Å²) in [5, 5.41) is 11.7. The quantitative estimate of drug-likeness (QED) is 0.523. The highest BCUT2D eigenvalue weighted by molar-refractivity contribution is 5.93. The van der Waals surface area contributed by atoms with E-state index in [-0.39, 0.29) is 5.91 Å². The number of aromatic nitrogens is 4. The SMILES string of the molecule is COc1cccc(-c2cc(C(=O)NCCn3cc(-c4ccco4)cn3)n(C)n2)c1. The molecule has 0 atom stereocenters. The first-order valence-electron chi connectivity index (χ1n) is 9.17. The lowest BCUT2D eigenvalue weighted by molar-refractivity contribution is 0.0942. The Kier molecular flexibility index (Phi) is 5.15. The topological polar surface area (TPSA) is 87.1 Å². The number of rotatable bonds is 7. The summed E-state index contributed by atoms with van der Waals surface area (Å²) in [6.07, 6.45) is 5.25. The standard InChI is InChI=1S/C21H21N5O3/c1-25-19(12-18(24-25)15-5-3-6-17(11-15)28-2)21(27)22-8-9-26-14-16(13-23-26)20-7-4-10-29-20/h3-7,10-14H,8-9H2,1-2H3,(H,22,27). The van der Waals surface area contributed by atoms with Crippen LogP contribution in [-0.2, 0) is 13.6 Å². The highest BCUT2D eigenvalue weighted by Crippen LogP contribution is 2.23. The number of nitrogens with zero attached hydrogens (tertiary/aromatic N) is 4. The van der Waals surface area contributed by atoms with Gasteiger partial charge in [-0.3, -0.25) is 14.2 Å². The summed E-state index contributed by atoms with van der Waals surface area (Å²) in [5.74, 6) is 1.32. The zero-order chi connectivity index (χ0) is 20.2. The van der Waals surface area contributed by atoms with E-state index in [9.17, 15) is 4.79 Å². The lowest BCUT2D eigenvalue weighted by Gasteiger charge is -2.05. The number of benzene rings is 1. The maximum absolute atomic E-state index is 12.6. The molecule has 8 heteroatoms. The minimum atomic E-state index is -0.187. The fourth-order valence-corrected chi connectivity index (χ4v) is 3.03. The fourth-order valence-electron chi connectivity index (χ4n) is 3.03. The molecule has 0 radical (unpaired) electrons. The van der Waals surface area contributed by atoms with E-state index in [0.29, 0.717) is 24.5 Å². The Labute approximate surface area is 167 Å². The van der Waals surface area contributed by atoms with E-state index in [1.54, 1.807) is 42.0 Å². The van der Waals surface area contributed by atoms with Crippen molar-refractivity contribution >= 4 is 5.91 Å². The molecule has 1 aromatic carbocycles. The van der Waals surface area contributed by atoms with Crippen LogP contribution < -0.4 is 10.1 Å². The van der Waals surface area contributed by atoms with Crippen molar-refractivity contribution in [3.63, 3.8) is 0 Å². The first-order valence-corrected chi connectivity index (χ1v) is 9.17. The van der Waals surface area contributed by atoms with E-state index in [1.807, 2.05) is 42.6 Å². The molecular formula is C21H21N5O3. The highest BCUT2D eigenvalue weighted by atomic mass is 16.5. The van der Waals surface area contributed by atoms with Gasteiger partial charge in [0.2, 0.25) is 0 Å². The van der Waals surface area contributed by atoms with Crippen molar-refractivity contribution in [2.75, 3.05) is 13.7 Å². The predicted octanol–water partition coefficient (Wildman–Crippen LogP) is 2.98. The Morgan fingerprint density at radius 1 is 1.21 bits per heavy atom. The van der Waals surface area contributed by atoms with Crippen molar-refractivity contribution in [1.82, 2.24) is 24.9 Å². The Hall–Kier alpha value is -3.81. The molecular weight excluding hydrogens is 370 g/mol. The smallest absolute Gasteiger partial charge is 0.269 e. The average molecular weight is 391 g/mol. The Morgan fingerprint density at radius 3 is 2.90 bits per heavy atom. The number of furan rings is 1. The zero-order valence-electron chi connectivity index (χ0n) is 16.2. The van der Waals surface area contributed by atoms with Gasteiger partial charge in [-0.1, -0.05) is 12.1 Å². The van der Waals surface area contributed by atoms with Crippen LogP contribution in [0.3, 0.4) is 0 Å². The molecule has 4 aromatic rings. The molecule has 4 rings (SSSR count). The van der Waals surface area contributed by atoms with Crippen molar-refractivity contribution < 1.29 is 13.9 Å². The van der Waals surface area contributed by atoms with Crippen molar-refractivity contribution in [3.8, 4) is 28.3 Å². The van der Waals surface area contributed by atoms with Crippen LogP contribution in [0.2, 0.25) is 0 Å².